The monoisotopic (exact) mass is 516 g/mol. The first-order chi connectivity index (χ1) is 10.0. The summed E-state index contributed by atoms with van der Waals surface area (Å²) < 4.78 is 158. The van der Waals surface area contributed by atoms with Gasteiger partial charge in [0.1, 0.15) is 0 Å². The van der Waals surface area contributed by atoms with E-state index in [2.05, 4.69) is 0 Å². The smallest absolute Gasteiger partial charge is 0.264 e. The summed E-state index contributed by atoms with van der Waals surface area (Å²) in [5, 5.41) is 0. The zero-order chi connectivity index (χ0) is 22.5. The van der Waals surface area contributed by atoms with E-state index in [1.807, 2.05) is 0 Å². The lowest BCUT2D eigenvalue weighted by Crippen LogP contribution is -1.89. The van der Waals surface area contributed by atoms with Gasteiger partial charge in [0, 0.05) is 0 Å². The van der Waals surface area contributed by atoms with Gasteiger partial charge in [-0.3, -0.25) is 45.5 Å². The highest BCUT2D eigenvalue weighted by molar-refractivity contribution is 7.80. The van der Waals surface area contributed by atoms with Crippen LogP contribution in [0.3, 0.4) is 0 Å². The number of rotatable bonds is 0. The molecule has 0 bridgehead atoms. The highest BCUT2D eigenvalue weighted by Crippen LogP contribution is 1.60. The molecule has 0 aromatic heterocycles. The second kappa shape index (κ2) is 16.1. The molecule has 0 unspecified atom stereocenters. The normalized spacial score (nSPS) is 11.2. The molecule has 0 aliphatic rings. The van der Waals surface area contributed by atoms with Crippen molar-refractivity contribution in [1.29, 1.82) is 0 Å². The molecule has 0 amide bonds. The van der Waals surface area contributed by atoms with Gasteiger partial charge in [-0.15, -0.1) is 0 Å². The van der Waals surface area contributed by atoms with Crippen LogP contribution in [-0.4, -0.2) is 111 Å². The molecule has 0 fully saturated rings. The molecule has 10 N–H and O–H groups in total. The quantitative estimate of drug-likeness (QED) is 0.108. The standard InChI is InChI=1S/Mg.5H2O4S.2H/c;5*1-5(2,3)4;;/h;5*(H2,1,2,3,4);;. The average molecular weight is 517 g/mol. The van der Waals surface area contributed by atoms with Crippen molar-refractivity contribution in [3.8, 4) is 0 Å². The maximum Gasteiger partial charge on any atom is 0.394 e. The summed E-state index contributed by atoms with van der Waals surface area (Å²) in [6, 6.07) is 0. The first-order valence-corrected chi connectivity index (χ1v) is 10.5. The Labute approximate surface area is 162 Å². The molecule has 26 heteroatoms. The summed E-state index contributed by atoms with van der Waals surface area (Å²) in [6.07, 6.45) is 0. The van der Waals surface area contributed by atoms with Crippen molar-refractivity contribution in [2.24, 2.45) is 0 Å². The van der Waals surface area contributed by atoms with E-state index in [0.29, 0.717) is 0 Å². The van der Waals surface area contributed by atoms with Crippen molar-refractivity contribution < 1.29 is 87.6 Å². The molecule has 0 aliphatic carbocycles. The van der Waals surface area contributed by atoms with E-state index >= 15 is 0 Å². The summed E-state index contributed by atoms with van der Waals surface area (Å²) in [4.78, 5) is 0. The molecule has 0 aromatic carbocycles. The lowest BCUT2D eigenvalue weighted by molar-refractivity contribution is 0.378. The SMILES string of the molecule is O=S(=O)(O)O.O=S(=O)(O)O.O=S(=O)(O)O.O=S(=O)(O)O.O=S(=O)(O)O.[MgH2]. The van der Waals surface area contributed by atoms with E-state index in [4.69, 9.17) is 87.6 Å². The molecule has 26 heavy (non-hydrogen) atoms. The Hall–Kier alpha value is 0.116. The molecular formula is H12MgO20S5. The third-order valence-electron chi connectivity index (χ3n) is 0. The summed E-state index contributed by atoms with van der Waals surface area (Å²) in [5.74, 6) is 0. The largest absolute Gasteiger partial charge is 0.394 e. The fourth-order valence-electron chi connectivity index (χ4n) is 0. The minimum atomic E-state index is -4.67. The predicted molar refractivity (Wildman–Crippen MR) is 79.4 cm³/mol. The van der Waals surface area contributed by atoms with Crippen LogP contribution < -0.4 is 0 Å². The Morgan fingerprint density at radius 3 is 0.269 bits per heavy atom. The molecule has 0 atom stereocenters. The highest BCUT2D eigenvalue weighted by atomic mass is 32.3. The fourth-order valence-corrected chi connectivity index (χ4v) is 0. The van der Waals surface area contributed by atoms with Crippen molar-refractivity contribution in [1.82, 2.24) is 0 Å². The molecule has 0 rings (SSSR count). The zero-order valence-corrected chi connectivity index (χ0v) is 14.7. The minimum absolute atomic E-state index is 0. The Bertz CT molecular complexity index is 614. The van der Waals surface area contributed by atoms with E-state index in [1.54, 1.807) is 0 Å². The summed E-state index contributed by atoms with van der Waals surface area (Å²) in [7, 11) is -23.3. The van der Waals surface area contributed by atoms with E-state index in [1.165, 1.54) is 0 Å². The van der Waals surface area contributed by atoms with Gasteiger partial charge in [0.15, 0.2) is 0 Å². The van der Waals surface area contributed by atoms with E-state index < -0.39 is 52.0 Å². The minimum Gasteiger partial charge on any atom is -0.264 e. The lowest BCUT2D eigenvalue weighted by Gasteiger charge is -1.68. The molecule has 0 aliphatic heterocycles. The second-order valence-electron chi connectivity index (χ2n) is 2.24. The van der Waals surface area contributed by atoms with Gasteiger partial charge in [-0.1, -0.05) is 0 Å². The Kier molecular flexibility index (Phi) is 25.2. The third kappa shape index (κ3) is 954000. The summed E-state index contributed by atoms with van der Waals surface area (Å²) in [6.45, 7) is 0. The first kappa shape index (κ1) is 40.7. The first-order valence-electron chi connectivity index (χ1n) is 3.49. The molecule has 0 saturated heterocycles. The van der Waals surface area contributed by atoms with Gasteiger partial charge in [0.05, 0.1) is 0 Å². The topological polar surface area (TPSA) is 373 Å². The van der Waals surface area contributed by atoms with Gasteiger partial charge < -0.3 is 0 Å². The predicted octanol–water partition coefficient (Wildman–Crippen LogP) is -4.18. The van der Waals surface area contributed by atoms with E-state index in [-0.39, 0.29) is 23.1 Å². The Morgan fingerprint density at radius 1 is 0.269 bits per heavy atom. The molecule has 0 spiro atoms. The summed E-state index contributed by atoms with van der Waals surface area (Å²) in [5.41, 5.74) is 0. The second-order valence-corrected chi connectivity index (χ2v) is 6.72. The van der Waals surface area contributed by atoms with Gasteiger partial charge in [0.2, 0.25) is 0 Å². The van der Waals surface area contributed by atoms with Crippen LogP contribution in [0.5, 0.6) is 0 Å². The van der Waals surface area contributed by atoms with Crippen LogP contribution in [0, 0.1) is 0 Å². The fraction of sp³-hybridized carbons (Fsp3) is 0. The van der Waals surface area contributed by atoms with Gasteiger partial charge in [-0.25, -0.2) is 0 Å². The van der Waals surface area contributed by atoms with Crippen molar-refractivity contribution >= 4 is 75.0 Å². The third-order valence-corrected chi connectivity index (χ3v) is 0. The van der Waals surface area contributed by atoms with Crippen molar-refractivity contribution in [2.75, 3.05) is 0 Å². The van der Waals surface area contributed by atoms with E-state index in [9.17, 15) is 0 Å². The zero-order valence-electron chi connectivity index (χ0n) is 10.6. The lowest BCUT2D eigenvalue weighted by atomic mass is 15.8. The molecule has 20 nitrogen and oxygen atoms in total. The van der Waals surface area contributed by atoms with Crippen LogP contribution in [0.25, 0.3) is 0 Å². The Balaban J connectivity index is -0.0000000476. The van der Waals surface area contributed by atoms with Crippen LogP contribution in [0.1, 0.15) is 0 Å². The van der Waals surface area contributed by atoms with Gasteiger partial charge in [-0.2, -0.15) is 42.1 Å². The van der Waals surface area contributed by atoms with Gasteiger partial charge >= 0.3 is 75.0 Å². The highest BCUT2D eigenvalue weighted by Gasteiger charge is 1.86. The maximum absolute atomic E-state index is 8.74. The number of hydrogen-bond acceptors (Lipinski definition) is 10. The molecule has 0 radical (unpaired) electrons. The molecule has 0 saturated carbocycles. The molecule has 0 heterocycles. The van der Waals surface area contributed by atoms with Crippen molar-refractivity contribution in [2.45, 2.75) is 0 Å². The van der Waals surface area contributed by atoms with Crippen LogP contribution in [-0.2, 0) is 52.0 Å². The van der Waals surface area contributed by atoms with Crippen LogP contribution in [0.2, 0.25) is 0 Å². The van der Waals surface area contributed by atoms with E-state index in [0.717, 1.165) is 0 Å². The van der Waals surface area contributed by atoms with Crippen LogP contribution in [0.15, 0.2) is 0 Å². The number of hydrogen-bond donors (Lipinski definition) is 10. The summed E-state index contributed by atoms with van der Waals surface area (Å²) >= 11 is 0. The van der Waals surface area contributed by atoms with Crippen molar-refractivity contribution in [3.05, 3.63) is 0 Å². The Morgan fingerprint density at radius 2 is 0.269 bits per heavy atom. The van der Waals surface area contributed by atoms with Gasteiger partial charge in [-0.05, 0) is 0 Å². The molecule has 0 aromatic rings. The van der Waals surface area contributed by atoms with Crippen LogP contribution in [0.4, 0.5) is 0 Å². The van der Waals surface area contributed by atoms with Crippen molar-refractivity contribution in [3.63, 3.8) is 0 Å². The average Bonchev–Trinajstić information content (AvgIpc) is 1.79. The molecular weight excluding hydrogens is 505 g/mol. The van der Waals surface area contributed by atoms with Crippen LogP contribution >= 0.6 is 0 Å². The molecule has 164 valence electrons. The maximum atomic E-state index is 8.74. The van der Waals surface area contributed by atoms with Gasteiger partial charge in [0.25, 0.3) is 0 Å².